The number of hydrogen-bond acceptors (Lipinski definition) is 5. The molecule has 0 bridgehead atoms. The first-order chi connectivity index (χ1) is 9.57. The summed E-state index contributed by atoms with van der Waals surface area (Å²) in [5.74, 6) is 0.557. The molecule has 1 amide bonds. The summed E-state index contributed by atoms with van der Waals surface area (Å²) in [6.07, 6.45) is 1.60. The van der Waals surface area contributed by atoms with Crippen LogP contribution < -0.4 is 5.32 Å². The number of nitrogens with one attached hydrogen (secondary N) is 1. The van der Waals surface area contributed by atoms with E-state index in [0.29, 0.717) is 31.2 Å². The largest absolute Gasteiger partial charge is 0.462 e. The number of carbonyl (C=O) groups excluding carboxylic acids is 1. The molecule has 1 N–H and O–H groups in total. The molecule has 0 aliphatic carbocycles. The van der Waals surface area contributed by atoms with E-state index < -0.39 is 0 Å². The van der Waals surface area contributed by atoms with Crippen LogP contribution in [0.1, 0.15) is 22.3 Å². The fourth-order valence-electron chi connectivity index (χ4n) is 2.04. The van der Waals surface area contributed by atoms with Crippen molar-refractivity contribution in [1.29, 1.82) is 0 Å². The Hall–Kier alpha value is -1.66. The summed E-state index contributed by atoms with van der Waals surface area (Å²) in [4.78, 5) is 17.5. The summed E-state index contributed by atoms with van der Waals surface area (Å²) in [5, 5.41) is 3.67. The van der Waals surface area contributed by atoms with Gasteiger partial charge in [-0.3, -0.25) is 4.79 Å². The molecule has 20 heavy (non-hydrogen) atoms. The molecule has 0 unspecified atom stereocenters. The maximum atomic E-state index is 12.2. The third kappa shape index (κ3) is 2.48. The van der Waals surface area contributed by atoms with E-state index in [1.807, 2.05) is 19.1 Å². The predicted octanol–water partition coefficient (Wildman–Crippen LogP) is 2.48. The lowest BCUT2D eigenvalue weighted by atomic mass is 9.89. The van der Waals surface area contributed by atoms with Gasteiger partial charge in [0.2, 0.25) is 0 Å². The van der Waals surface area contributed by atoms with Crippen LogP contribution in [0.3, 0.4) is 0 Å². The average Bonchev–Trinajstić information content (AvgIpc) is 3.02. The van der Waals surface area contributed by atoms with Gasteiger partial charge >= 0.3 is 0 Å². The summed E-state index contributed by atoms with van der Waals surface area (Å²) in [6.45, 7) is 5.99. The molecule has 0 saturated carbocycles. The van der Waals surface area contributed by atoms with Crippen LogP contribution in [0.4, 0.5) is 0 Å². The summed E-state index contributed by atoms with van der Waals surface area (Å²) < 4.78 is 10.5. The second-order valence-electron chi connectivity index (χ2n) is 5.39. The number of aryl methyl sites for hydroxylation is 1. The van der Waals surface area contributed by atoms with Crippen LogP contribution in [-0.4, -0.2) is 30.6 Å². The van der Waals surface area contributed by atoms with Crippen LogP contribution in [0.5, 0.6) is 0 Å². The molecule has 5 nitrogen and oxygen atoms in total. The van der Waals surface area contributed by atoms with E-state index in [9.17, 15) is 4.79 Å². The van der Waals surface area contributed by atoms with Gasteiger partial charge < -0.3 is 14.5 Å². The molecule has 1 fully saturated rings. The highest BCUT2D eigenvalue weighted by Gasteiger charge is 2.34. The topological polar surface area (TPSA) is 64.4 Å². The Bertz CT molecular complexity index is 614. The van der Waals surface area contributed by atoms with Gasteiger partial charge in [0.25, 0.3) is 5.91 Å². The van der Waals surface area contributed by atoms with Crippen molar-refractivity contribution in [3.05, 3.63) is 29.0 Å². The minimum atomic E-state index is -0.135. The Labute approximate surface area is 121 Å². The van der Waals surface area contributed by atoms with E-state index in [-0.39, 0.29) is 11.3 Å². The van der Waals surface area contributed by atoms with Crippen molar-refractivity contribution >= 4 is 17.2 Å². The number of thiazole rings is 1. The number of furan rings is 1. The monoisotopic (exact) mass is 292 g/mol. The van der Waals surface area contributed by atoms with Crippen LogP contribution in [-0.2, 0) is 4.74 Å². The van der Waals surface area contributed by atoms with E-state index in [4.69, 9.17) is 9.15 Å². The number of carbonyl (C=O) groups is 1. The highest BCUT2D eigenvalue weighted by atomic mass is 32.1. The summed E-state index contributed by atoms with van der Waals surface area (Å²) >= 11 is 1.46. The summed E-state index contributed by atoms with van der Waals surface area (Å²) in [7, 11) is 0. The SMILES string of the molecule is Cc1sc(-c2ccco2)nc1C(=O)NCC1(C)COC1. The van der Waals surface area contributed by atoms with Crippen molar-refractivity contribution in [3.8, 4) is 10.8 Å². The number of nitrogens with zero attached hydrogens (tertiary/aromatic N) is 1. The Morgan fingerprint density at radius 2 is 2.35 bits per heavy atom. The first kappa shape index (κ1) is 13.3. The average molecular weight is 292 g/mol. The number of amides is 1. The molecule has 1 aliphatic rings. The normalized spacial score (nSPS) is 16.7. The predicted molar refractivity (Wildman–Crippen MR) is 75.8 cm³/mol. The van der Waals surface area contributed by atoms with E-state index in [0.717, 1.165) is 9.88 Å². The van der Waals surface area contributed by atoms with Crippen LogP contribution in [0.15, 0.2) is 22.8 Å². The minimum Gasteiger partial charge on any atom is -0.462 e. The molecule has 1 aliphatic heterocycles. The molecule has 1 saturated heterocycles. The Morgan fingerprint density at radius 3 is 2.95 bits per heavy atom. The van der Waals surface area contributed by atoms with Gasteiger partial charge in [-0.25, -0.2) is 4.98 Å². The minimum absolute atomic E-state index is 0.0590. The van der Waals surface area contributed by atoms with E-state index in [1.165, 1.54) is 11.3 Å². The zero-order valence-corrected chi connectivity index (χ0v) is 12.3. The van der Waals surface area contributed by atoms with Crippen molar-refractivity contribution in [2.75, 3.05) is 19.8 Å². The van der Waals surface area contributed by atoms with Gasteiger partial charge in [0.15, 0.2) is 10.8 Å². The van der Waals surface area contributed by atoms with Gasteiger partial charge in [0, 0.05) is 16.8 Å². The van der Waals surface area contributed by atoms with Gasteiger partial charge in [-0.05, 0) is 19.1 Å². The van der Waals surface area contributed by atoms with Gasteiger partial charge in [0.1, 0.15) is 5.69 Å². The lowest BCUT2D eigenvalue weighted by Gasteiger charge is -2.37. The molecular weight excluding hydrogens is 276 g/mol. The standard InChI is InChI=1S/C14H16N2O3S/c1-9-11(12(17)15-6-14(2)7-18-8-14)16-13(20-9)10-4-3-5-19-10/h3-5H,6-8H2,1-2H3,(H,15,17). The Morgan fingerprint density at radius 1 is 1.55 bits per heavy atom. The lowest BCUT2D eigenvalue weighted by Crippen LogP contribution is -2.48. The van der Waals surface area contributed by atoms with Gasteiger partial charge in [-0.2, -0.15) is 0 Å². The molecule has 106 valence electrons. The third-order valence-electron chi connectivity index (χ3n) is 3.32. The Balaban J connectivity index is 1.71. The van der Waals surface area contributed by atoms with E-state index >= 15 is 0 Å². The van der Waals surface area contributed by atoms with Crippen molar-refractivity contribution in [1.82, 2.24) is 10.3 Å². The van der Waals surface area contributed by atoms with Gasteiger partial charge in [0.05, 0.1) is 19.5 Å². The van der Waals surface area contributed by atoms with Crippen LogP contribution in [0, 0.1) is 12.3 Å². The number of aromatic nitrogens is 1. The zero-order valence-electron chi connectivity index (χ0n) is 11.4. The van der Waals surface area contributed by atoms with E-state index in [2.05, 4.69) is 17.2 Å². The Kier molecular flexibility index (Phi) is 3.35. The fraction of sp³-hybridized carbons (Fsp3) is 0.429. The van der Waals surface area contributed by atoms with Crippen molar-refractivity contribution in [2.24, 2.45) is 5.41 Å². The number of ether oxygens (including phenoxy) is 1. The molecule has 3 rings (SSSR count). The van der Waals surface area contributed by atoms with Gasteiger partial charge in [-0.15, -0.1) is 11.3 Å². The molecule has 2 aromatic heterocycles. The molecule has 0 atom stereocenters. The van der Waals surface area contributed by atoms with Gasteiger partial charge in [-0.1, -0.05) is 6.92 Å². The zero-order chi connectivity index (χ0) is 14.2. The van der Waals surface area contributed by atoms with Crippen LogP contribution >= 0.6 is 11.3 Å². The number of hydrogen-bond donors (Lipinski definition) is 1. The second kappa shape index (κ2) is 5.03. The molecule has 2 aromatic rings. The molecule has 0 radical (unpaired) electrons. The first-order valence-corrected chi connectivity index (χ1v) is 7.26. The molecule has 0 spiro atoms. The summed E-state index contributed by atoms with van der Waals surface area (Å²) in [6, 6.07) is 3.65. The first-order valence-electron chi connectivity index (χ1n) is 6.45. The fourth-order valence-corrected chi connectivity index (χ4v) is 2.92. The molecule has 3 heterocycles. The maximum absolute atomic E-state index is 12.2. The van der Waals surface area contributed by atoms with Crippen molar-refractivity contribution < 1.29 is 13.9 Å². The lowest BCUT2D eigenvalue weighted by molar-refractivity contribution is -0.0978. The maximum Gasteiger partial charge on any atom is 0.271 e. The highest BCUT2D eigenvalue weighted by molar-refractivity contribution is 7.15. The smallest absolute Gasteiger partial charge is 0.271 e. The highest BCUT2D eigenvalue weighted by Crippen LogP contribution is 2.28. The van der Waals surface area contributed by atoms with Crippen molar-refractivity contribution in [3.63, 3.8) is 0 Å². The van der Waals surface area contributed by atoms with E-state index in [1.54, 1.807) is 6.26 Å². The molecule has 0 aromatic carbocycles. The third-order valence-corrected chi connectivity index (χ3v) is 4.31. The molecular formula is C14H16N2O3S. The quantitative estimate of drug-likeness (QED) is 0.940. The number of rotatable bonds is 4. The second-order valence-corrected chi connectivity index (χ2v) is 6.59. The van der Waals surface area contributed by atoms with Crippen molar-refractivity contribution in [2.45, 2.75) is 13.8 Å². The van der Waals surface area contributed by atoms with Crippen LogP contribution in [0.2, 0.25) is 0 Å². The summed E-state index contributed by atoms with van der Waals surface area (Å²) in [5.41, 5.74) is 0.536. The van der Waals surface area contributed by atoms with Crippen LogP contribution in [0.25, 0.3) is 10.8 Å². The molecule has 6 heteroatoms.